The van der Waals surface area contributed by atoms with Gasteiger partial charge < -0.3 is 0 Å². The predicted molar refractivity (Wildman–Crippen MR) is 107 cm³/mol. The van der Waals surface area contributed by atoms with Crippen LogP contribution in [0, 0.1) is 17.3 Å². The summed E-state index contributed by atoms with van der Waals surface area (Å²) < 4.78 is 1.95. The zero-order chi connectivity index (χ0) is 19.1. The molecule has 4 heteroatoms. The van der Waals surface area contributed by atoms with Crippen molar-refractivity contribution in [1.29, 1.82) is 0 Å². The Morgan fingerprint density at radius 1 is 1.31 bits per heavy atom. The van der Waals surface area contributed by atoms with Gasteiger partial charge in [-0.05, 0) is 54.7 Å². The van der Waals surface area contributed by atoms with Gasteiger partial charge in [-0.1, -0.05) is 52.3 Å². The zero-order valence-electron chi connectivity index (χ0n) is 16.5. The SMILES string of the molecule is CC1CC(=O)c2c(CC(C)CC(C)(C)C)nn(-c3cccc(Cl)c3)c2C1. The molecule has 3 rings (SSSR count). The van der Waals surface area contributed by atoms with E-state index in [4.69, 9.17) is 16.7 Å². The van der Waals surface area contributed by atoms with Crippen LogP contribution < -0.4 is 0 Å². The first kappa shape index (κ1) is 19.2. The smallest absolute Gasteiger partial charge is 0.166 e. The van der Waals surface area contributed by atoms with Crippen LogP contribution >= 0.6 is 11.6 Å². The number of hydrogen-bond acceptors (Lipinski definition) is 2. The van der Waals surface area contributed by atoms with Crippen molar-refractivity contribution in [3.8, 4) is 5.69 Å². The van der Waals surface area contributed by atoms with Crippen LogP contribution in [0.15, 0.2) is 24.3 Å². The van der Waals surface area contributed by atoms with Crippen LogP contribution in [0.2, 0.25) is 5.02 Å². The van der Waals surface area contributed by atoms with Crippen molar-refractivity contribution in [2.75, 3.05) is 0 Å². The number of benzene rings is 1. The second-order valence-corrected chi connectivity index (χ2v) is 9.61. The maximum absolute atomic E-state index is 12.8. The molecule has 3 nitrogen and oxygen atoms in total. The molecule has 0 amide bonds. The normalized spacial score (nSPS) is 18.7. The first-order chi connectivity index (χ1) is 12.1. The van der Waals surface area contributed by atoms with Gasteiger partial charge in [0.05, 0.1) is 22.6 Å². The molecule has 2 unspecified atom stereocenters. The molecule has 0 radical (unpaired) electrons. The van der Waals surface area contributed by atoms with Gasteiger partial charge in [-0.15, -0.1) is 0 Å². The molecule has 0 saturated carbocycles. The van der Waals surface area contributed by atoms with Gasteiger partial charge in [0.1, 0.15) is 0 Å². The number of Topliss-reactive ketones (excluding diaryl/α,β-unsaturated/α-hetero) is 1. The van der Waals surface area contributed by atoms with Crippen LogP contribution in [0.25, 0.3) is 5.69 Å². The van der Waals surface area contributed by atoms with E-state index in [0.717, 1.165) is 41.9 Å². The van der Waals surface area contributed by atoms with Gasteiger partial charge in [0.25, 0.3) is 0 Å². The van der Waals surface area contributed by atoms with Crippen LogP contribution in [0.3, 0.4) is 0 Å². The topological polar surface area (TPSA) is 34.9 Å². The molecule has 0 spiro atoms. The van der Waals surface area contributed by atoms with E-state index in [0.29, 0.717) is 23.3 Å². The summed E-state index contributed by atoms with van der Waals surface area (Å²) in [7, 11) is 0. The summed E-state index contributed by atoms with van der Waals surface area (Å²) in [6, 6.07) is 7.72. The van der Waals surface area contributed by atoms with Crippen LogP contribution in [-0.4, -0.2) is 15.6 Å². The highest BCUT2D eigenvalue weighted by Crippen LogP contribution is 2.33. The largest absolute Gasteiger partial charge is 0.294 e. The molecular weight excluding hydrogens is 344 g/mol. The maximum Gasteiger partial charge on any atom is 0.166 e. The van der Waals surface area contributed by atoms with Crippen LogP contribution in [0.1, 0.15) is 69.2 Å². The van der Waals surface area contributed by atoms with Gasteiger partial charge in [-0.3, -0.25) is 4.79 Å². The molecule has 0 N–H and O–H groups in total. The molecule has 1 aliphatic rings. The quantitative estimate of drug-likeness (QED) is 0.669. The fraction of sp³-hybridized carbons (Fsp3) is 0.545. The number of fused-ring (bicyclic) bond motifs is 1. The van der Waals surface area contributed by atoms with E-state index in [1.165, 1.54) is 0 Å². The summed E-state index contributed by atoms with van der Waals surface area (Å²) in [5, 5.41) is 5.58. The number of carbonyl (C=O) groups excluding carboxylic acids is 1. The summed E-state index contributed by atoms with van der Waals surface area (Å²) in [4.78, 5) is 12.8. The summed E-state index contributed by atoms with van der Waals surface area (Å²) >= 11 is 6.19. The lowest BCUT2D eigenvalue weighted by Crippen LogP contribution is -2.20. The molecule has 0 saturated heterocycles. The molecule has 0 fully saturated rings. The van der Waals surface area contributed by atoms with Gasteiger partial charge in [0.15, 0.2) is 5.78 Å². The molecule has 0 aliphatic heterocycles. The lowest BCUT2D eigenvalue weighted by molar-refractivity contribution is 0.0951. The number of nitrogens with zero attached hydrogens (tertiary/aromatic N) is 2. The minimum absolute atomic E-state index is 0.241. The van der Waals surface area contributed by atoms with Crippen molar-refractivity contribution >= 4 is 17.4 Å². The highest BCUT2D eigenvalue weighted by atomic mass is 35.5. The first-order valence-electron chi connectivity index (χ1n) is 9.54. The van der Waals surface area contributed by atoms with Gasteiger partial charge in [-0.25, -0.2) is 4.68 Å². The van der Waals surface area contributed by atoms with E-state index in [2.05, 4.69) is 34.6 Å². The fourth-order valence-electron chi connectivity index (χ4n) is 4.25. The standard InChI is InChI=1S/C22H29ClN2O/c1-14-10-19-21(20(26)11-14)18(9-15(2)13-22(3,4)5)24-25(19)17-8-6-7-16(23)12-17/h6-8,12,14-15H,9-11,13H2,1-5H3. The molecule has 1 aromatic heterocycles. The van der Waals surface area contributed by atoms with E-state index in [-0.39, 0.29) is 11.2 Å². The Hall–Kier alpha value is -1.61. The van der Waals surface area contributed by atoms with E-state index >= 15 is 0 Å². The van der Waals surface area contributed by atoms with Crippen LogP contribution in [0.5, 0.6) is 0 Å². The van der Waals surface area contributed by atoms with Crippen LogP contribution in [-0.2, 0) is 12.8 Å². The highest BCUT2D eigenvalue weighted by Gasteiger charge is 2.31. The van der Waals surface area contributed by atoms with Crippen LogP contribution in [0.4, 0.5) is 0 Å². The Morgan fingerprint density at radius 2 is 2.04 bits per heavy atom. The van der Waals surface area contributed by atoms with Gasteiger partial charge in [-0.2, -0.15) is 5.10 Å². The average Bonchev–Trinajstić information content (AvgIpc) is 2.83. The van der Waals surface area contributed by atoms with Crippen molar-refractivity contribution in [3.63, 3.8) is 0 Å². The molecular formula is C22H29ClN2O. The molecule has 1 aliphatic carbocycles. The van der Waals surface area contributed by atoms with Gasteiger partial charge in [0, 0.05) is 11.4 Å². The molecule has 1 aromatic carbocycles. The lowest BCUT2D eigenvalue weighted by Gasteiger charge is -2.23. The predicted octanol–water partition coefficient (Wildman–Crippen LogP) is 5.91. The Bertz CT molecular complexity index is 816. The monoisotopic (exact) mass is 372 g/mol. The van der Waals surface area contributed by atoms with Gasteiger partial charge >= 0.3 is 0 Å². The summed E-state index contributed by atoms with van der Waals surface area (Å²) in [6.45, 7) is 11.2. The molecule has 26 heavy (non-hydrogen) atoms. The number of aromatic nitrogens is 2. The van der Waals surface area contributed by atoms with Crippen molar-refractivity contribution in [3.05, 3.63) is 46.2 Å². The summed E-state index contributed by atoms with van der Waals surface area (Å²) in [5.41, 5.74) is 4.07. The minimum atomic E-state index is 0.241. The zero-order valence-corrected chi connectivity index (χ0v) is 17.2. The molecule has 140 valence electrons. The van der Waals surface area contributed by atoms with Crippen molar-refractivity contribution in [2.45, 2.75) is 60.3 Å². The lowest BCUT2D eigenvalue weighted by atomic mass is 9.81. The Kier molecular flexibility index (Phi) is 5.30. The van der Waals surface area contributed by atoms with Crippen molar-refractivity contribution in [2.24, 2.45) is 17.3 Å². The number of halogens is 1. The van der Waals surface area contributed by atoms with E-state index < -0.39 is 0 Å². The van der Waals surface area contributed by atoms with E-state index in [9.17, 15) is 4.79 Å². The number of carbonyl (C=O) groups is 1. The third kappa shape index (κ3) is 4.20. The average molecular weight is 373 g/mol. The molecule has 1 heterocycles. The van der Waals surface area contributed by atoms with E-state index in [1.807, 2.05) is 28.9 Å². The molecule has 2 aromatic rings. The third-order valence-corrected chi connectivity index (χ3v) is 5.20. The van der Waals surface area contributed by atoms with Crippen molar-refractivity contribution < 1.29 is 4.79 Å². The second-order valence-electron chi connectivity index (χ2n) is 9.17. The third-order valence-electron chi connectivity index (χ3n) is 4.96. The Morgan fingerprint density at radius 3 is 2.69 bits per heavy atom. The Labute approximate surface area is 161 Å². The van der Waals surface area contributed by atoms with Crippen molar-refractivity contribution in [1.82, 2.24) is 9.78 Å². The highest BCUT2D eigenvalue weighted by molar-refractivity contribution is 6.30. The molecule has 2 atom stereocenters. The number of ketones is 1. The minimum Gasteiger partial charge on any atom is -0.294 e. The molecule has 0 bridgehead atoms. The van der Waals surface area contributed by atoms with E-state index in [1.54, 1.807) is 0 Å². The summed E-state index contributed by atoms with van der Waals surface area (Å²) in [6.07, 6.45) is 3.45. The number of rotatable bonds is 4. The number of hydrogen-bond donors (Lipinski definition) is 0. The summed E-state index contributed by atoms with van der Waals surface area (Å²) in [5.74, 6) is 1.07. The maximum atomic E-state index is 12.8. The second kappa shape index (κ2) is 7.19. The first-order valence-corrected chi connectivity index (χ1v) is 9.92. The Balaban J connectivity index is 2.03. The fourth-order valence-corrected chi connectivity index (χ4v) is 4.43. The van der Waals surface area contributed by atoms with Gasteiger partial charge in [0.2, 0.25) is 0 Å².